The zero-order chi connectivity index (χ0) is 15.6. The molecule has 1 aliphatic rings. The van der Waals surface area contributed by atoms with Gasteiger partial charge in [0, 0.05) is 24.6 Å². The van der Waals surface area contributed by atoms with Gasteiger partial charge in [-0.1, -0.05) is 0 Å². The van der Waals surface area contributed by atoms with Gasteiger partial charge in [-0.05, 0) is 43.2 Å². The summed E-state index contributed by atoms with van der Waals surface area (Å²) in [5.74, 6) is -0.199. The van der Waals surface area contributed by atoms with Crippen LogP contribution in [0.5, 0.6) is 0 Å². The molecule has 1 aromatic heterocycles. The summed E-state index contributed by atoms with van der Waals surface area (Å²) in [6.45, 7) is 2.72. The zero-order valence-corrected chi connectivity index (χ0v) is 12.5. The van der Waals surface area contributed by atoms with E-state index in [2.05, 4.69) is 10.4 Å². The fourth-order valence-electron chi connectivity index (χ4n) is 2.65. The summed E-state index contributed by atoms with van der Waals surface area (Å²) in [5.41, 5.74) is 1.79. The van der Waals surface area contributed by atoms with Crippen LogP contribution in [0.4, 0.5) is 0 Å². The molecule has 0 bridgehead atoms. The molecule has 0 aliphatic carbocycles. The minimum absolute atomic E-state index is 0.122. The number of aromatic nitrogens is 2. The Bertz CT molecular complexity index is 661. The topological polar surface area (TPSA) is 76.4 Å². The summed E-state index contributed by atoms with van der Waals surface area (Å²) in [5, 5.41) is 16.6. The molecule has 1 unspecified atom stereocenters. The van der Waals surface area contributed by atoms with Gasteiger partial charge in [-0.25, -0.2) is 4.68 Å². The molecule has 1 fully saturated rings. The number of aryl methyl sites for hydroxylation is 1. The van der Waals surface area contributed by atoms with Gasteiger partial charge in [-0.15, -0.1) is 0 Å². The second kappa shape index (κ2) is 5.90. The number of nitrogens with zero attached hydrogens (tertiary/aromatic N) is 2. The summed E-state index contributed by atoms with van der Waals surface area (Å²) in [4.78, 5) is 12.4. The van der Waals surface area contributed by atoms with Crippen molar-refractivity contribution in [3.63, 3.8) is 0 Å². The predicted octanol–water partition coefficient (Wildman–Crippen LogP) is 1.06. The Hall–Kier alpha value is -2.18. The van der Waals surface area contributed by atoms with E-state index in [0.717, 1.165) is 11.3 Å². The van der Waals surface area contributed by atoms with E-state index < -0.39 is 5.54 Å². The Morgan fingerprint density at radius 2 is 2.41 bits per heavy atom. The number of hydrogen-bond acceptors (Lipinski definition) is 4. The fraction of sp³-hybridized carbons (Fsp3) is 0.375. The lowest BCUT2D eigenvalue weighted by Crippen LogP contribution is -2.52. The number of rotatable bonds is 4. The summed E-state index contributed by atoms with van der Waals surface area (Å²) in [7, 11) is 0. The highest BCUT2D eigenvalue weighted by atomic mass is 16.5. The molecule has 1 aliphatic heterocycles. The van der Waals surface area contributed by atoms with Crippen LogP contribution in [0, 0.1) is 6.92 Å². The average Bonchev–Trinajstić information content (AvgIpc) is 3.19. The van der Waals surface area contributed by atoms with Crippen molar-refractivity contribution in [1.29, 1.82) is 0 Å². The number of benzene rings is 1. The molecule has 0 spiro atoms. The van der Waals surface area contributed by atoms with Crippen LogP contribution in [0.25, 0.3) is 5.69 Å². The van der Waals surface area contributed by atoms with E-state index in [4.69, 9.17) is 4.74 Å². The molecule has 2 heterocycles. The molecule has 0 radical (unpaired) electrons. The van der Waals surface area contributed by atoms with Crippen LogP contribution >= 0.6 is 0 Å². The Morgan fingerprint density at radius 1 is 1.55 bits per heavy atom. The van der Waals surface area contributed by atoms with E-state index in [-0.39, 0.29) is 12.5 Å². The molecule has 1 aromatic carbocycles. The molecule has 1 saturated heterocycles. The molecule has 1 atom stereocenters. The van der Waals surface area contributed by atoms with Gasteiger partial charge >= 0.3 is 0 Å². The lowest BCUT2D eigenvalue weighted by molar-refractivity contribution is 0.0789. The van der Waals surface area contributed by atoms with E-state index in [9.17, 15) is 9.90 Å². The van der Waals surface area contributed by atoms with Gasteiger partial charge in [-0.3, -0.25) is 4.79 Å². The van der Waals surface area contributed by atoms with Gasteiger partial charge in [-0.2, -0.15) is 5.10 Å². The Morgan fingerprint density at radius 3 is 3.00 bits per heavy atom. The number of ether oxygens (including phenoxy) is 1. The quantitative estimate of drug-likeness (QED) is 0.885. The Balaban J connectivity index is 1.80. The van der Waals surface area contributed by atoms with Crippen LogP contribution < -0.4 is 5.32 Å². The van der Waals surface area contributed by atoms with Crippen LogP contribution in [0.2, 0.25) is 0 Å². The number of hydrogen-bond donors (Lipinski definition) is 2. The van der Waals surface area contributed by atoms with E-state index in [1.54, 1.807) is 16.9 Å². The van der Waals surface area contributed by atoms with Gasteiger partial charge < -0.3 is 15.2 Å². The first-order chi connectivity index (χ1) is 10.6. The van der Waals surface area contributed by atoms with Crippen molar-refractivity contribution in [2.24, 2.45) is 0 Å². The molecule has 2 aromatic rings. The third kappa shape index (κ3) is 2.75. The lowest BCUT2D eigenvalue weighted by atomic mass is 9.99. The van der Waals surface area contributed by atoms with Crippen molar-refractivity contribution in [3.8, 4) is 5.69 Å². The van der Waals surface area contributed by atoms with E-state index >= 15 is 0 Å². The first kappa shape index (κ1) is 14.7. The van der Waals surface area contributed by atoms with Crippen LogP contribution in [0.15, 0.2) is 36.7 Å². The molecule has 22 heavy (non-hydrogen) atoms. The number of nitrogens with one attached hydrogen (secondary N) is 1. The monoisotopic (exact) mass is 301 g/mol. The highest BCUT2D eigenvalue weighted by molar-refractivity contribution is 5.95. The molecule has 3 rings (SSSR count). The first-order valence-corrected chi connectivity index (χ1v) is 7.25. The van der Waals surface area contributed by atoms with Crippen molar-refractivity contribution in [1.82, 2.24) is 15.1 Å². The van der Waals surface area contributed by atoms with Crippen molar-refractivity contribution in [2.75, 3.05) is 19.8 Å². The SMILES string of the molecule is Cc1cc(C(=O)NC2(CO)CCOC2)ccc1-n1cccn1. The maximum absolute atomic E-state index is 12.4. The molecule has 0 saturated carbocycles. The fourth-order valence-corrected chi connectivity index (χ4v) is 2.65. The maximum Gasteiger partial charge on any atom is 0.251 e. The van der Waals surface area contributed by atoms with E-state index in [1.165, 1.54) is 0 Å². The van der Waals surface area contributed by atoms with Gasteiger partial charge in [0.25, 0.3) is 5.91 Å². The highest BCUT2D eigenvalue weighted by Gasteiger charge is 2.36. The largest absolute Gasteiger partial charge is 0.394 e. The summed E-state index contributed by atoms with van der Waals surface area (Å²) in [6, 6.07) is 7.31. The summed E-state index contributed by atoms with van der Waals surface area (Å²) >= 11 is 0. The number of aliphatic hydroxyl groups excluding tert-OH is 1. The molecule has 6 nitrogen and oxygen atoms in total. The van der Waals surface area contributed by atoms with Gasteiger partial charge in [0.2, 0.25) is 0 Å². The summed E-state index contributed by atoms with van der Waals surface area (Å²) < 4.78 is 7.05. The third-order valence-electron chi connectivity index (χ3n) is 3.99. The normalized spacial score (nSPS) is 21.0. The smallest absolute Gasteiger partial charge is 0.251 e. The molecular formula is C16H19N3O3. The van der Waals surface area contributed by atoms with E-state index in [0.29, 0.717) is 25.2 Å². The second-order valence-electron chi connectivity index (χ2n) is 5.65. The Labute approximate surface area is 128 Å². The molecule has 116 valence electrons. The zero-order valence-electron chi connectivity index (χ0n) is 12.5. The molecule has 2 N–H and O–H groups in total. The molecule has 1 amide bonds. The Kier molecular flexibility index (Phi) is 3.96. The minimum Gasteiger partial charge on any atom is -0.394 e. The van der Waals surface area contributed by atoms with Crippen LogP contribution in [-0.2, 0) is 4.74 Å². The lowest BCUT2D eigenvalue weighted by Gasteiger charge is -2.26. The van der Waals surface area contributed by atoms with Crippen LogP contribution in [0.3, 0.4) is 0 Å². The standard InChI is InChI=1S/C16H19N3O3/c1-12-9-13(3-4-14(12)19-7-2-6-17-19)15(21)18-16(10-20)5-8-22-11-16/h2-4,6-7,9,20H,5,8,10-11H2,1H3,(H,18,21). The van der Waals surface area contributed by atoms with Crippen LogP contribution in [0.1, 0.15) is 22.3 Å². The minimum atomic E-state index is -0.661. The van der Waals surface area contributed by atoms with E-state index in [1.807, 2.05) is 31.3 Å². The maximum atomic E-state index is 12.4. The summed E-state index contributed by atoms with van der Waals surface area (Å²) in [6.07, 6.45) is 4.20. The number of amides is 1. The van der Waals surface area contributed by atoms with Crippen LogP contribution in [-0.4, -0.2) is 46.2 Å². The third-order valence-corrected chi connectivity index (χ3v) is 3.99. The van der Waals surface area contributed by atoms with Gasteiger partial charge in [0.05, 0.1) is 24.4 Å². The molecule has 6 heteroatoms. The van der Waals surface area contributed by atoms with Crippen molar-refractivity contribution in [2.45, 2.75) is 18.9 Å². The molecular weight excluding hydrogens is 282 g/mol. The van der Waals surface area contributed by atoms with Crippen molar-refractivity contribution in [3.05, 3.63) is 47.8 Å². The second-order valence-corrected chi connectivity index (χ2v) is 5.65. The predicted molar refractivity (Wildman–Crippen MR) is 81.0 cm³/mol. The average molecular weight is 301 g/mol. The number of aliphatic hydroxyl groups is 1. The number of carbonyl (C=O) groups is 1. The highest BCUT2D eigenvalue weighted by Crippen LogP contribution is 2.20. The number of carbonyl (C=O) groups excluding carboxylic acids is 1. The van der Waals surface area contributed by atoms with Crippen molar-refractivity contribution >= 4 is 5.91 Å². The van der Waals surface area contributed by atoms with Gasteiger partial charge in [0.1, 0.15) is 0 Å². The first-order valence-electron chi connectivity index (χ1n) is 7.25. The van der Waals surface area contributed by atoms with Gasteiger partial charge in [0.15, 0.2) is 0 Å². The van der Waals surface area contributed by atoms with Crippen molar-refractivity contribution < 1.29 is 14.6 Å².